The Morgan fingerprint density at radius 3 is 2.68 bits per heavy atom. The van der Waals surface area contributed by atoms with E-state index >= 15 is 0 Å². The number of imidazole rings is 1. The first kappa shape index (κ1) is 12.7. The van der Waals surface area contributed by atoms with Crippen LogP contribution in [-0.4, -0.2) is 23.1 Å². The fourth-order valence-corrected chi connectivity index (χ4v) is 3.39. The van der Waals surface area contributed by atoms with Crippen LogP contribution < -0.4 is 5.32 Å². The third-order valence-corrected chi connectivity index (χ3v) is 4.69. The standard InChI is InChI=1S/C16H23N3/c1-10(2)16(5-6-17-9-16)15-18-13-8-11(3)7-12(4)14(13)19-15/h7-8,10,17H,5-6,9H2,1-4H3,(H,18,19). The number of hydrogen-bond donors (Lipinski definition) is 2. The van der Waals surface area contributed by atoms with Crippen LogP contribution in [0.25, 0.3) is 11.0 Å². The number of nitrogens with zero attached hydrogens (tertiary/aromatic N) is 1. The lowest BCUT2D eigenvalue weighted by atomic mass is 9.76. The van der Waals surface area contributed by atoms with Gasteiger partial charge in [0.25, 0.3) is 0 Å². The zero-order valence-corrected chi connectivity index (χ0v) is 12.3. The van der Waals surface area contributed by atoms with Crippen molar-refractivity contribution in [2.45, 2.75) is 39.5 Å². The molecule has 0 saturated carbocycles. The average Bonchev–Trinajstić information content (AvgIpc) is 2.93. The molecule has 2 aromatic rings. The van der Waals surface area contributed by atoms with E-state index in [1.165, 1.54) is 23.1 Å². The van der Waals surface area contributed by atoms with Crippen LogP contribution >= 0.6 is 0 Å². The highest BCUT2D eigenvalue weighted by Crippen LogP contribution is 2.37. The molecule has 0 bridgehead atoms. The molecule has 0 amide bonds. The Morgan fingerprint density at radius 2 is 2.05 bits per heavy atom. The van der Waals surface area contributed by atoms with Gasteiger partial charge in [0, 0.05) is 12.0 Å². The van der Waals surface area contributed by atoms with Crippen molar-refractivity contribution in [2.24, 2.45) is 5.92 Å². The molecule has 1 atom stereocenters. The normalized spacial score (nSPS) is 23.6. The molecule has 3 heteroatoms. The van der Waals surface area contributed by atoms with Crippen molar-refractivity contribution in [1.29, 1.82) is 0 Å². The fraction of sp³-hybridized carbons (Fsp3) is 0.562. The van der Waals surface area contributed by atoms with Crippen LogP contribution in [0.15, 0.2) is 12.1 Å². The van der Waals surface area contributed by atoms with Crippen LogP contribution in [0.3, 0.4) is 0 Å². The lowest BCUT2D eigenvalue weighted by Gasteiger charge is -2.30. The van der Waals surface area contributed by atoms with E-state index in [4.69, 9.17) is 4.98 Å². The summed E-state index contributed by atoms with van der Waals surface area (Å²) in [5.41, 5.74) is 5.04. The van der Waals surface area contributed by atoms with Crippen LogP contribution in [0.4, 0.5) is 0 Å². The van der Waals surface area contributed by atoms with E-state index in [0.29, 0.717) is 5.92 Å². The minimum Gasteiger partial charge on any atom is -0.341 e. The molecule has 1 aliphatic heterocycles. The smallest absolute Gasteiger partial charge is 0.115 e. The maximum absolute atomic E-state index is 4.93. The molecule has 3 rings (SSSR count). The highest BCUT2D eigenvalue weighted by atomic mass is 15.0. The Hall–Kier alpha value is -1.35. The van der Waals surface area contributed by atoms with Gasteiger partial charge in [0.05, 0.1) is 11.0 Å². The van der Waals surface area contributed by atoms with Crippen molar-refractivity contribution in [3.63, 3.8) is 0 Å². The molecule has 2 heterocycles. The molecule has 1 fully saturated rings. The fourth-order valence-electron chi connectivity index (χ4n) is 3.39. The molecule has 19 heavy (non-hydrogen) atoms. The van der Waals surface area contributed by atoms with Crippen molar-refractivity contribution in [3.05, 3.63) is 29.1 Å². The Bertz CT molecular complexity index is 604. The van der Waals surface area contributed by atoms with Gasteiger partial charge in [-0.3, -0.25) is 0 Å². The van der Waals surface area contributed by atoms with Gasteiger partial charge in [0.2, 0.25) is 0 Å². The van der Waals surface area contributed by atoms with E-state index in [-0.39, 0.29) is 5.41 Å². The van der Waals surface area contributed by atoms with Crippen molar-refractivity contribution in [1.82, 2.24) is 15.3 Å². The topological polar surface area (TPSA) is 40.7 Å². The number of H-pyrrole nitrogens is 1. The predicted octanol–water partition coefficient (Wildman–Crippen LogP) is 3.07. The Kier molecular flexibility index (Phi) is 2.90. The van der Waals surface area contributed by atoms with Crippen LogP contribution in [-0.2, 0) is 5.41 Å². The van der Waals surface area contributed by atoms with E-state index in [0.717, 1.165) is 24.4 Å². The van der Waals surface area contributed by atoms with Gasteiger partial charge in [-0.05, 0) is 49.9 Å². The number of aromatic amines is 1. The average molecular weight is 257 g/mol. The van der Waals surface area contributed by atoms with Gasteiger partial charge in [0.15, 0.2) is 0 Å². The lowest BCUT2D eigenvalue weighted by molar-refractivity contribution is 0.321. The molecule has 3 nitrogen and oxygen atoms in total. The maximum Gasteiger partial charge on any atom is 0.115 e. The molecule has 1 aliphatic rings. The summed E-state index contributed by atoms with van der Waals surface area (Å²) >= 11 is 0. The highest BCUT2D eigenvalue weighted by Gasteiger charge is 2.41. The molecule has 1 aromatic carbocycles. The second-order valence-corrected chi connectivity index (χ2v) is 6.30. The largest absolute Gasteiger partial charge is 0.341 e. The second-order valence-electron chi connectivity index (χ2n) is 6.30. The number of nitrogens with one attached hydrogen (secondary N) is 2. The molecular weight excluding hydrogens is 234 g/mol. The van der Waals surface area contributed by atoms with Crippen molar-refractivity contribution < 1.29 is 0 Å². The van der Waals surface area contributed by atoms with Gasteiger partial charge in [-0.1, -0.05) is 19.9 Å². The number of rotatable bonds is 2. The van der Waals surface area contributed by atoms with Gasteiger partial charge in [-0.15, -0.1) is 0 Å². The number of benzene rings is 1. The summed E-state index contributed by atoms with van der Waals surface area (Å²) in [5, 5.41) is 3.50. The summed E-state index contributed by atoms with van der Waals surface area (Å²) in [6.07, 6.45) is 1.17. The SMILES string of the molecule is Cc1cc(C)c2nc(C3(C(C)C)CCNC3)[nH]c2c1. The minimum absolute atomic E-state index is 0.166. The molecule has 1 saturated heterocycles. The third-order valence-electron chi connectivity index (χ3n) is 4.69. The molecule has 2 N–H and O–H groups in total. The summed E-state index contributed by atoms with van der Waals surface area (Å²) in [6.45, 7) is 11.0. The van der Waals surface area contributed by atoms with E-state index < -0.39 is 0 Å². The summed E-state index contributed by atoms with van der Waals surface area (Å²) in [4.78, 5) is 8.52. The lowest BCUT2D eigenvalue weighted by Crippen LogP contribution is -2.35. The first-order valence-corrected chi connectivity index (χ1v) is 7.21. The van der Waals surface area contributed by atoms with E-state index in [1.54, 1.807) is 0 Å². The van der Waals surface area contributed by atoms with Crippen LogP contribution in [0.2, 0.25) is 0 Å². The van der Waals surface area contributed by atoms with Crippen LogP contribution in [0.5, 0.6) is 0 Å². The molecule has 0 spiro atoms. The summed E-state index contributed by atoms with van der Waals surface area (Å²) in [7, 11) is 0. The van der Waals surface area contributed by atoms with Gasteiger partial charge < -0.3 is 10.3 Å². The molecular formula is C16H23N3. The first-order chi connectivity index (χ1) is 9.03. The van der Waals surface area contributed by atoms with Crippen LogP contribution in [0, 0.1) is 19.8 Å². The predicted molar refractivity (Wildman–Crippen MR) is 79.6 cm³/mol. The maximum atomic E-state index is 4.93. The Balaban J connectivity index is 2.17. The quantitative estimate of drug-likeness (QED) is 0.868. The molecule has 0 aliphatic carbocycles. The van der Waals surface area contributed by atoms with Crippen molar-refractivity contribution >= 4 is 11.0 Å². The monoisotopic (exact) mass is 257 g/mol. The third kappa shape index (κ3) is 1.88. The van der Waals surface area contributed by atoms with E-state index in [1.807, 2.05) is 0 Å². The zero-order chi connectivity index (χ0) is 13.6. The van der Waals surface area contributed by atoms with E-state index in [2.05, 4.69) is 50.1 Å². The Labute approximate surface area is 114 Å². The van der Waals surface area contributed by atoms with Crippen molar-refractivity contribution in [3.8, 4) is 0 Å². The molecule has 1 aromatic heterocycles. The number of hydrogen-bond acceptors (Lipinski definition) is 2. The van der Waals surface area contributed by atoms with Gasteiger partial charge >= 0.3 is 0 Å². The van der Waals surface area contributed by atoms with Crippen molar-refractivity contribution in [2.75, 3.05) is 13.1 Å². The zero-order valence-electron chi connectivity index (χ0n) is 12.3. The number of aryl methyl sites for hydroxylation is 2. The minimum atomic E-state index is 0.166. The van der Waals surface area contributed by atoms with Gasteiger partial charge in [-0.2, -0.15) is 0 Å². The molecule has 0 radical (unpaired) electrons. The summed E-state index contributed by atoms with van der Waals surface area (Å²) < 4.78 is 0. The van der Waals surface area contributed by atoms with Gasteiger partial charge in [0.1, 0.15) is 5.82 Å². The Morgan fingerprint density at radius 1 is 1.26 bits per heavy atom. The molecule has 1 unspecified atom stereocenters. The summed E-state index contributed by atoms with van der Waals surface area (Å²) in [6, 6.07) is 4.41. The molecule has 102 valence electrons. The highest BCUT2D eigenvalue weighted by molar-refractivity contribution is 5.79. The van der Waals surface area contributed by atoms with Crippen LogP contribution in [0.1, 0.15) is 37.2 Å². The van der Waals surface area contributed by atoms with E-state index in [9.17, 15) is 0 Å². The first-order valence-electron chi connectivity index (χ1n) is 7.21. The van der Waals surface area contributed by atoms with Gasteiger partial charge in [-0.25, -0.2) is 4.98 Å². The number of fused-ring (bicyclic) bond motifs is 1. The summed E-state index contributed by atoms with van der Waals surface area (Å²) in [5.74, 6) is 1.75. The second kappa shape index (κ2) is 4.34. The number of aromatic nitrogens is 2.